The van der Waals surface area contributed by atoms with Crippen LogP contribution in [0.25, 0.3) is 0 Å². The van der Waals surface area contributed by atoms with Gasteiger partial charge in [0.15, 0.2) is 0 Å². The lowest BCUT2D eigenvalue weighted by atomic mass is 10.0. The number of aromatic nitrogens is 1. The molecule has 1 aliphatic heterocycles. The van der Waals surface area contributed by atoms with Gasteiger partial charge in [-0.1, -0.05) is 0 Å². The lowest BCUT2D eigenvalue weighted by molar-refractivity contribution is 0.218. The maximum atomic E-state index is 5.67. The third kappa shape index (κ3) is 4.06. The molecule has 4 heteroatoms. The Morgan fingerprint density at radius 3 is 2.87 bits per heavy atom. The molecular formula is C11H17ClN2O. The average Bonchev–Trinajstić information content (AvgIpc) is 2.29. The fourth-order valence-electron chi connectivity index (χ4n) is 1.71. The molecule has 2 rings (SSSR count). The molecule has 1 aromatic heterocycles. The lowest BCUT2D eigenvalue weighted by Crippen LogP contribution is -2.33. The third-order valence-corrected chi connectivity index (χ3v) is 2.53. The monoisotopic (exact) mass is 228 g/mol. The van der Waals surface area contributed by atoms with E-state index in [9.17, 15) is 0 Å². The highest BCUT2D eigenvalue weighted by Crippen LogP contribution is 2.13. The molecule has 0 amide bonds. The largest absolute Gasteiger partial charge is 0.493 e. The Morgan fingerprint density at radius 1 is 1.40 bits per heavy atom. The fourth-order valence-corrected chi connectivity index (χ4v) is 1.71. The number of nitrogens with one attached hydrogen (secondary N) is 1. The minimum Gasteiger partial charge on any atom is -0.493 e. The van der Waals surface area contributed by atoms with Gasteiger partial charge in [-0.25, -0.2) is 0 Å². The molecule has 1 aliphatic rings. The normalized spacial score (nSPS) is 20.4. The summed E-state index contributed by atoms with van der Waals surface area (Å²) in [7, 11) is 0. The molecule has 0 aliphatic carbocycles. The number of hydrogen-bond acceptors (Lipinski definition) is 3. The smallest absolute Gasteiger partial charge is 0.122 e. The Hall–Kier alpha value is -0.800. The summed E-state index contributed by atoms with van der Waals surface area (Å²) in [4.78, 5) is 3.95. The number of ether oxygens (including phenoxy) is 1. The quantitative estimate of drug-likeness (QED) is 0.858. The number of halogens is 1. The average molecular weight is 229 g/mol. The molecule has 84 valence electrons. The predicted octanol–water partition coefficient (Wildman–Crippen LogP) is 1.88. The molecule has 1 atom stereocenters. The van der Waals surface area contributed by atoms with Gasteiger partial charge in [-0.05, 0) is 31.5 Å². The predicted molar refractivity (Wildman–Crippen MR) is 62.6 cm³/mol. The first-order chi connectivity index (χ1) is 6.95. The Kier molecular flexibility index (Phi) is 5.43. The molecule has 1 unspecified atom stereocenters. The second-order valence-electron chi connectivity index (χ2n) is 3.71. The molecule has 3 nitrogen and oxygen atoms in total. The second kappa shape index (κ2) is 6.64. The highest BCUT2D eigenvalue weighted by atomic mass is 35.5. The van der Waals surface area contributed by atoms with Gasteiger partial charge in [0.1, 0.15) is 5.75 Å². The molecule has 2 heterocycles. The maximum Gasteiger partial charge on any atom is 0.122 e. The highest BCUT2D eigenvalue weighted by Gasteiger charge is 2.13. The molecular weight excluding hydrogens is 212 g/mol. The molecule has 1 N–H and O–H groups in total. The van der Waals surface area contributed by atoms with E-state index in [1.165, 1.54) is 12.8 Å². The zero-order valence-electron chi connectivity index (χ0n) is 8.69. The van der Waals surface area contributed by atoms with E-state index in [2.05, 4.69) is 10.3 Å². The van der Waals surface area contributed by atoms with Crippen molar-refractivity contribution < 1.29 is 4.74 Å². The van der Waals surface area contributed by atoms with E-state index in [1.54, 1.807) is 12.4 Å². The summed E-state index contributed by atoms with van der Waals surface area (Å²) in [6, 6.07) is 3.80. The summed E-state index contributed by atoms with van der Waals surface area (Å²) in [6.07, 6.45) is 6.06. The highest BCUT2D eigenvalue weighted by molar-refractivity contribution is 5.85. The third-order valence-electron chi connectivity index (χ3n) is 2.53. The SMILES string of the molecule is Cl.c1cc(OCC2CCCNC2)ccn1. The summed E-state index contributed by atoms with van der Waals surface area (Å²) in [5.41, 5.74) is 0. The van der Waals surface area contributed by atoms with E-state index in [-0.39, 0.29) is 12.4 Å². The molecule has 0 aromatic carbocycles. The Labute approximate surface area is 96.7 Å². The summed E-state index contributed by atoms with van der Waals surface area (Å²) in [5.74, 6) is 1.59. The van der Waals surface area contributed by atoms with E-state index < -0.39 is 0 Å². The van der Waals surface area contributed by atoms with Crippen molar-refractivity contribution in [2.45, 2.75) is 12.8 Å². The number of piperidine rings is 1. The fraction of sp³-hybridized carbons (Fsp3) is 0.545. The summed E-state index contributed by atoms with van der Waals surface area (Å²) < 4.78 is 5.67. The van der Waals surface area contributed by atoms with Crippen LogP contribution in [-0.4, -0.2) is 24.7 Å². The minimum atomic E-state index is 0. The molecule has 0 spiro atoms. The van der Waals surface area contributed by atoms with Crippen LogP contribution in [0.5, 0.6) is 5.75 Å². The van der Waals surface area contributed by atoms with Crippen molar-refractivity contribution in [2.24, 2.45) is 5.92 Å². The zero-order chi connectivity index (χ0) is 9.64. The minimum absolute atomic E-state index is 0. The van der Waals surface area contributed by atoms with Gasteiger partial charge in [0.25, 0.3) is 0 Å². The number of nitrogens with zero attached hydrogens (tertiary/aromatic N) is 1. The van der Waals surface area contributed by atoms with E-state index in [0.29, 0.717) is 5.92 Å². The van der Waals surface area contributed by atoms with Gasteiger partial charge in [-0.3, -0.25) is 4.98 Å². The number of pyridine rings is 1. The van der Waals surface area contributed by atoms with Gasteiger partial charge in [0, 0.05) is 24.9 Å². The van der Waals surface area contributed by atoms with Gasteiger partial charge in [0.05, 0.1) is 6.61 Å². The van der Waals surface area contributed by atoms with Crippen molar-refractivity contribution in [3.05, 3.63) is 24.5 Å². The zero-order valence-corrected chi connectivity index (χ0v) is 9.50. The summed E-state index contributed by atoms with van der Waals surface area (Å²) in [5, 5.41) is 3.38. The first kappa shape index (κ1) is 12.3. The van der Waals surface area contributed by atoms with Crippen molar-refractivity contribution in [1.29, 1.82) is 0 Å². The van der Waals surface area contributed by atoms with Crippen molar-refractivity contribution in [2.75, 3.05) is 19.7 Å². The summed E-state index contributed by atoms with van der Waals surface area (Å²) in [6.45, 7) is 3.06. The van der Waals surface area contributed by atoms with Crippen LogP contribution < -0.4 is 10.1 Å². The molecule has 0 saturated carbocycles. The van der Waals surface area contributed by atoms with Crippen LogP contribution >= 0.6 is 12.4 Å². The standard InChI is InChI=1S/C11H16N2O.ClH/c1-2-10(8-13-5-1)9-14-11-3-6-12-7-4-11;/h3-4,6-7,10,13H,1-2,5,8-9H2;1H. The first-order valence-electron chi connectivity index (χ1n) is 5.19. The Morgan fingerprint density at radius 2 is 2.20 bits per heavy atom. The molecule has 15 heavy (non-hydrogen) atoms. The van der Waals surface area contributed by atoms with Crippen LogP contribution in [0.15, 0.2) is 24.5 Å². The summed E-state index contributed by atoms with van der Waals surface area (Å²) >= 11 is 0. The Bertz CT molecular complexity index is 263. The molecule has 1 saturated heterocycles. The van der Waals surface area contributed by atoms with Gasteiger partial charge in [-0.15, -0.1) is 12.4 Å². The number of rotatable bonds is 3. The molecule has 1 fully saturated rings. The van der Waals surface area contributed by atoms with Crippen LogP contribution in [0.2, 0.25) is 0 Å². The van der Waals surface area contributed by atoms with Crippen LogP contribution in [0, 0.1) is 5.92 Å². The van der Waals surface area contributed by atoms with Crippen LogP contribution in [0.1, 0.15) is 12.8 Å². The number of hydrogen-bond donors (Lipinski definition) is 1. The first-order valence-corrected chi connectivity index (χ1v) is 5.19. The van der Waals surface area contributed by atoms with Gasteiger partial charge >= 0.3 is 0 Å². The van der Waals surface area contributed by atoms with Crippen LogP contribution in [0.4, 0.5) is 0 Å². The van der Waals surface area contributed by atoms with Crippen molar-refractivity contribution in [3.63, 3.8) is 0 Å². The Balaban J connectivity index is 0.00000112. The van der Waals surface area contributed by atoms with Gasteiger partial charge < -0.3 is 10.1 Å². The van der Waals surface area contributed by atoms with Gasteiger partial charge in [0.2, 0.25) is 0 Å². The van der Waals surface area contributed by atoms with Crippen molar-refractivity contribution in [1.82, 2.24) is 10.3 Å². The maximum absolute atomic E-state index is 5.67. The molecule has 0 radical (unpaired) electrons. The molecule has 0 bridgehead atoms. The van der Waals surface area contributed by atoms with E-state index >= 15 is 0 Å². The van der Waals surface area contributed by atoms with Crippen LogP contribution in [0.3, 0.4) is 0 Å². The van der Waals surface area contributed by atoms with Crippen LogP contribution in [-0.2, 0) is 0 Å². The van der Waals surface area contributed by atoms with E-state index in [0.717, 1.165) is 25.4 Å². The van der Waals surface area contributed by atoms with Gasteiger partial charge in [-0.2, -0.15) is 0 Å². The second-order valence-corrected chi connectivity index (χ2v) is 3.71. The van der Waals surface area contributed by atoms with E-state index in [1.807, 2.05) is 12.1 Å². The van der Waals surface area contributed by atoms with Crippen molar-refractivity contribution in [3.8, 4) is 5.75 Å². The lowest BCUT2D eigenvalue weighted by Gasteiger charge is -2.22. The van der Waals surface area contributed by atoms with E-state index in [4.69, 9.17) is 4.74 Å². The van der Waals surface area contributed by atoms with Crippen molar-refractivity contribution >= 4 is 12.4 Å². The molecule has 1 aromatic rings. The topological polar surface area (TPSA) is 34.1 Å².